The van der Waals surface area contributed by atoms with Gasteiger partial charge in [0, 0.05) is 13.6 Å². The zero-order valence-corrected chi connectivity index (χ0v) is 15.3. The summed E-state index contributed by atoms with van der Waals surface area (Å²) in [5.74, 6) is 0. The van der Waals surface area contributed by atoms with Gasteiger partial charge in [-0.2, -0.15) is 0 Å². The van der Waals surface area contributed by atoms with Crippen molar-refractivity contribution in [3.63, 3.8) is 0 Å². The third-order valence-electron chi connectivity index (χ3n) is 3.48. The lowest BCUT2D eigenvalue weighted by Gasteiger charge is -2.21. The molecule has 0 fully saturated rings. The van der Waals surface area contributed by atoms with E-state index in [0.717, 1.165) is 21.2 Å². The summed E-state index contributed by atoms with van der Waals surface area (Å²) < 4.78 is 1.17. The molecule has 20 heavy (non-hydrogen) atoms. The van der Waals surface area contributed by atoms with E-state index in [2.05, 4.69) is 47.8 Å². The first-order chi connectivity index (χ1) is 9.43. The molecule has 0 radical (unpaired) electrons. The van der Waals surface area contributed by atoms with Crippen LogP contribution < -0.4 is 5.32 Å². The van der Waals surface area contributed by atoms with Crippen LogP contribution in [0.25, 0.3) is 0 Å². The Labute approximate surface area is 143 Å². The summed E-state index contributed by atoms with van der Waals surface area (Å²) in [7, 11) is 1.94. The van der Waals surface area contributed by atoms with Gasteiger partial charge in [0.2, 0.25) is 0 Å². The van der Waals surface area contributed by atoms with Crippen molar-refractivity contribution in [1.82, 2.24) is 5.32 Å². The highest BCUT2D eigenvalue weighted by atomic mass is 127. The molecule has 0 bridgehead atoms. The van der Waals surface area contributed by atoms with Gasteiger partial charge >= 0.3 is 0 Å². The van der Waals surface area contributed by atoms with Crippen molar-refractivity contribution in [2.24, 2.45) is 0 Å². The third kappa shape index (κ3) is 3.30. The van der Waals surface area contributed by atoms with Crippen molar-refractivity contribution in [2.75, 3.05) is 7.05 Å². The molecule has 0 aliphatic heterocycles. The summed E-state index contributed by atoms with van der Waals surface area (Å²) in [5.41, 5.74) is 4.67. The Morgan fingerprint density at radius 2 is 1.65 bits per heavy atom. The number of nitrogens with one attached hydrogen (secondary N) is 1. The summed E-state index contributed by atoms with van der Waals surface area (Å²) in [6.07, 6.45) is 0. The Balaban J connectivity index is 2.58. The van der Waals surface area contributed by atoms with Crippen molar-refractivity contribution in [1.29, 1.82) is 0 Å². The van der Waals surface area contributed by atoms with Crippen molar-refractivity contribution in [3.8, 4) is 0 Å². The lowest BCUT2D eigenvalue weighted by molar-refractivity contribution is 0.688. The molecule has 4 heteroatoms. The van der Waals surface area contributed by atoms with Crippen LogP contribution >= 0.6 is 45.8 Å². The highest BCUT2D eigenvalue weighted by molar-refractivity contribution is 14.1. The predicted molar refractivity (Wildman–Crippen MR) is 96.0 cm³/mol. The molecule has 1 N–H and O–H groups in total. The fraction of sp³-hybridized carbons (Fsp3) is 0.250. The van der Waals surface area contributed by atoms with Gasteiger partial charge in [-0.25, -0.2) is 0 Å². The molecule has 2 aromatic carbocycles. The van der Waals surface area contributed by atoms with E-state index in [1.54, 1.807) is 0 Å². The van der Waals surface area contributed by atoms with E-state index in [1.165, 1.54) is 14.7 Å². The topological polar surface area (TPSA) is 12.0 Å². The molecule has 1 nitrogen and oxygen atoms in total. The molecule has 1 unspecified atom stereocenters. The van der Waals surface area contributed by atoms with E-state index < -0.39 is 0 Å². The van der Waals surface area contributed by atoms with Crippen LogP contribution in [0.15, 0.2) is 30.3 Å². The maximum Gasteiger partial charge on any atom is 0.0600 e. The Bertz CT molecular complexity index is 641. The van der Waals surface area contributed by atoms with Crippen LogP contribution in [-0.2, 0) is 0 Å². The van der Waals surface area contributed by atoms with Crippen LogP contribution in [0.1, 0.15) is 28.3 Å². The maximum atomic E-state index is 6.44. The van der Waals surface area contributed by atoms with Crippen LogP contribution in [0, 0.1) is 17.4 Å². The Kier molecular flexibility index (Phi) is 5.35. The van der Waals surface area contributed by atoms with Gasteiger partial charge in [-0.05, 0) is 90.0 Å². The number of hydrogen-bond donors (Lipinski definition) is 1. The van der Waals surface area contributed by atoms with Gasteiger partial charge in [-0.15, -0.1) is 0 Å². The van der Waals surface area contributed by atoms with E-state index >= 15 is 0 Å². The Morgan fingerprint density at radius 1 is 1.00 bits per heavy atom. The standard InChI is InChI=1S/C16H16Cl2IN/c1-9-6-12(14(18)7-10(9)2)16(20-3)13-8-11(17)4-5-15(13)19/h4-8,16,20H,1-3H3. The lowest BCUT2D eigenvalue weighted by Crippen LogP contribution is -2.19. The van der Waals surface area contributed by atoms with Crippen molar-refractivity contribution in [3.05, 3.63) is 66.2 Å². The van der Waals surface area contributed by atoms with Crippen LogP contribution in [0.2, 0.25) is 10.0 Å². The predicted octanol–water partition coefficient (Wildman–Crippen LogP) is 5.52. The van der Waals surface area contributed by atoms with Gasteiger partial charge in [0.05, 0.1) is 6.04 Å². The van der Waals surface area contributed by atoms with Crippen LogP contribution in [0.3, 0.4) is 0 Å². The van der Waals surface area contributed by atoms with E-state index in [-0.39, 0.29) is 6.04 Å². The second kappa shape index (κ2) is 6.65. The molecule has 2 rings (SSSR count). The smallest absolute Gasteiger partial charge is 0.0600 e. The van der Waals surface area contributed by atoms with E-state index in [4.69, 9.17) is 23.2 Å². The summed E-state index contributed by atoms with van der Waals surface area (Å²) in [6.45, 7) is 4.17. The maximum absolute atomic E-state index is 6.44. The minimum atomic E-state index is 0.0346. The van der Waals surface area contributed by atoms with Crippen molar-refractivity contribution < 1.29 is 0 Å². The molecule has 0 aromatic heterocycles. The summed E-state index contributed by atoms with van der Waals surface area (Å²) in [5, 5.41) is 4.86. The van der Waals surface area contributed by atoms with E-state index in [9.17, 15) is 0 Å². The van der Waals surface area contributed by atoms with Crippen LogP contribution in [0.4, 0.5) is 0 Å². The summed E-state index contributed by atoms with van der Waals surface area (Å²) >= 11 is 14.9. The van der Waals surface area contributed by atoms with Crippen molar-refractivity contribution in [2.45, 2.75) is 19.9 Å². The number of rotatable bonds is 3. The second-order valence-corrected chi connectivity index (χ2v) is 6.85. The first-order valence-electron chi connectivity index (χ1n) is 6.33. The number of hydrogen-bond acceptors (Lipinski definition) is 1. The molecule has 106 valence electrons. The van der Waals surface area contributed by atoms with Crippen molar-refractivity contribution >= 4 is 45.8 Å². The third-order valence-corrected chi connectivity index (χ3v) is 5.03. The molecule has 0 saturated heterocycles. The number of benzene rings is 2. The molecule has 2 aromatic rings. The minimum absolute atomic E-state index is 0.0346. The molecular formula is C16H16Cl2IN. The highest BCUT2D eigenvalue weighted by Crippen LogP contribution is 2.33. The lowest BCUT2D eigenvalue weighted by atomic mass is 9.95. The van der Waals surface area contributed by atoms with Gasteiger partial charge in [0.25, 0.3) is 0 Å². The fourth-order valence-corrected chi connectivity index (χ4v) is 3.39. The molecule has 1 atom stereocenters. The number of halogens is 3. The van der Waals surface area contributed by atoms with Gasteiger partial charge in [0.1, 0.15) is 0 Å². The van der Waals surface area contributed by atoms with Gasteiger partial charge in [0.15, 0.2) is 0 Å². The zero-order valence-electron chi connectivity index (χ0n) is 11.6. The first kappa shape index (κ1) is 16.1. The van der Waals surface area contributed by atoms with Gasteiger partial charge in [-0.1, -0.05) is 29.3 Å². The Morgan fingerprint density at radius 3 is 2.30 bits per heavy atom. The monoisotopic (exact) mass is 419 g/mol. The SMILES string of the molecule is CNC(c1cc(C)c(C)cc1Cl)c1cc(Cl)ccc1I. The van der Waals surface area contributed by atoms with E-state index in [0.29, 0.717) is 0 Å². The normalized spacial score (nSPS) is 12.5. The highest BCUT2D eigenvalue weighted by Gasteiger charge is 2.19. The fourth-order valence-electron chi connectivity index (χ4n) is 2.24. The number of aryl methyl sites for hydroxylation is 2. The first-order valence-corrected chi connectivity index (χ1v) is 8.16. The van der Waals surface area contributed by atoms with Crippen LogP contribution in [0.5, 0.6) is 0 Å². The quantitative estimate of drug-likeness (QED) is 0.645. The summed E-state index contributed by atoms with van der Waals surface area (Å²) in [4.78, 5) is 0. The average Bonchev–Trinajstić information content (AvgIpc) is 2.40. The second-order valence-electron chi connectivity index (χ2n) is 4.85. The summed E-state index contributed by atoms with van der Waals surface area (Å²) in [6, 6.07) is 10.1. The molecule has 0 aliphatic carbocycles. The van der Waals surface area contributed by atoms with Gasteiger partial charge in [-0.3, -0.25) is 0 Å². The minimum Gasteiger partial charge on any atom is -0.309 e. The zero-order chi connectivity index (χ0) is 14.9. The Hall–Kier alpha value is -0.290. The molecular weight excluding hydrogens is 404 g/mol. The van der Waals surface area contributed by atoms with Crippen LogP contribution in [-0.4, -0.2) is 7.05 Å². The molecule has 0 heterocycles. The largest absolute Gasteiger partial charge is 0.309 e. The molecule has 0 saturated carbocycles. The molecule has 0 amide bonds. The average molecular weight is 420 g/mol. The molecule has 0 spiro atoms. The van der Waals surface area contributed by atoms with E-state index in [1.807, 2.05) is 31.3 Å². The van der Waals surface area contributed by atoms with Gasteiger partial charge < -0.3 is 5.32 Å². The molecule has 0 aliphatic rings.